The van der Waals surface area contributed by atoms with Gasteiger partial charge in [0.15, 0.2) is 0 Å². The first-order chi connectivity index (χ1) is 11.1. The average molecular weight is 311 g/mol. The second kappa shape index (κ2) is 8.08. The number of nitrogens with one attached hydrogen (secondary N) is 2. The van der Waals surface area contributed by atoms with Crippen molar-refractivity contribution < 1.29 is 9.59 Å². The molecule has 2 rings (SSSR count). The Morgan fingerprint density at radius 2 is 1.83 bits per heavy atom. The van der Waals surface area contributed by atoms with Crippen LogP contribution in [-0.4, -0.2) is 22.8 Å². The predicted octanol–water partition coefficient (Wildman–Crippen LogP) is 2.54. The van der Waals surface area contributed by atoms with Gasteiger partial charge in [-0.05, 0) is 43.2 Å². The Morgan fingerprint density at radius 1 is 1.09 bits per heavy atom. The topological polar surface area (TPSA) is 71.1 Å². The van der Waals surface area contributed by atoms with Gasteiger partial charge in [-0.25, -0.2) is 0 Å². The van der Waals surface area contributed by atoms with E-state index in [0.29, 0.717) is 17.8 Å². The molecule has 1 heterocycles. The van der Waals surface area contributed by atoms with Crippen molar-refractivity contribution >= 4 is 11.8 Å². The minimum absolute atomic E-state index is 0.0802. The fourth-order valence-corrected chi connectivity index (χ4v) is 1.95. The third kappa shape index (κ3) is 4.92. The quantitative estimate of drug-likeness (QED) is 0.861. The molecule has 1 aromatic heterocycles. The molecule has 0 saturated carbocycles. The highest BCUT2D eigenvalue weighted by Gasteiger charge is 2.09. The van der Waals surface area contributed by atoms with Crippen LogP contribution in [0.3, 0.4) is 0 Å². The number of carbonyl (C=O) groups is 2. The maximum atomic E-state index is 12.0. The Kier molecular flexibility index (Phi) is 5.86. The lowest BCUT2D eigenvalue weighted by Crippen LogP contribution is -2.31. The molecule has 0 radical (unpaired) electrons. The number of carbonyl (C=O) groups excluding carboxylic acids is 2. The lowest BCUT2D eigenvalue weighted by atomic mass is 10.1. The molecule has 5 nitrogen and oxygen atoms in total. The fourth-order valence-electron chi connectivity index (χ4n) is 1.95. The van der Waals surface area contributed by atoms with Crippen LogP contribution in [0.5, 0.6) is 0 Å². The number of rotatable bonds is 6. The molecule has 0 unspecified atom stereocenters. The summed E-state index contributed by atoms with van der Waals surface area (Å²) in [5.74, 6) is -0.299. The summed E-state index contributed by atoms with van der Waals surface area (Å²) in [5, 5.41) is 5.72. The van der Waals surface area contributed by atoms with Gasteiger partial charge in [0, 0.05) is 24.3 Å². The van der Waals surface area contributed by atoms with Crippen LogP contribution in [0.25, 0.3) is 0 Å². The number of aromatic nitrogens is 1. The summed E-state index contributed by atoms with van der Waals surface area (Å²) in [6.45, 7) is 4.39. The molecule has 2 N–H and O–H groups in total. The minimum atomic E-state index is -0.218. The average Bonchev–Trinajstić information content (AvgIpc) is 2.60. The van der Waals surface area contributed by atoms with E-state index < -0.39 is 0 Å². The monoisotopic (exact) mass is 311 g/mol. The van der Waals surface area contributed by atoms with Crippen LogP contribution >= 0.6 is 0 Å². The zero-order valence-corrected chi connectivity index (χ0v) is 13.4. The first-order valence-corrected chi connectivity index (χ1v) is 7.69. The summed E-state index contributed by atoms with van der Waals surface area (Å²) in [6.07, 6.45) is 2.48. The molecular weight excluding hydrogens is 290 g/mol. The molecule has 0 saturated heterocycles. The van der Waals surface area contributed by atoms with E-state index in [1.807, 2.05) is 26.0 Å². The highest BCUT2D eigenvalue weighted by Crippen LogP contribution is 2.06. The number of amides is 2. The van der Waals surface area contributed by atoms with Crippen molar-refractivity contribution in [1.82, 2.24) is 15.6 Å². The van der Waals surface area contributed by atoms with E-state index in [0.717, 1.165) is 12.0 Å². The molecule has 23 heavy (non-hydrogen) atoms. The first-order valence-electron chi connectivity index (χ1n) is 7.69. The van der Waals surface area contributed by atoms with E-state index in [2.05, 4.69) is 15.6 Å². The summed E-state index contributed by atoms with van der Waals surface area (Å²) in [4.78, 5) is 27.9. The largest absolute Gasteiger partial charge is 0.350 e. The zero-order valence-electron chi connectivity index (χ0n) is 13.4. The van der Waals surface area contributed by atoms with E-state index in [1.54, 1.807) is 36.5 Å². The van der Waals surface area contributed by atoms with Crippen LogP contribution in [0, 0.1) is 0 Å². The molecular formula is C18H21N3O2. The molecule has 1 atom stereocenters. The summed E-state index contributed by atoms with van der Waals surface area (Å²) in [5.41, 5.74) is 1.93. The molecule has 1 aromatic carbocycles. The molecule has 2 aromatic rings. The second-order valence-corrected chi connectivity index (χ2v) is 5.38. The van der Waals surface area contributed by atoms with Crippen molar-refractivity contribution in [2.24, 2.45) is 0 Å². The van der Waals surface area contributed by atoms with Crippen LogP contribution in [0.4, 0.5) is 0 Å². The second-order valence-electron chi connectivity index (χ2n) is 5.38. The fraction of sp³-hybridized carbons (Fsp3) is 0.278. The zero-order chi connectivity index (χ0) is 16.7. The van der Waals surface area contributed by atoms with Crippen molar-refractivity contribution in [2.45, 2.75) is 32.9 Å². The van der Waals surface area contributed by atoms with Gasteiger partial charge in [0.2, 0.25) is 0 Å². The molecule has 5 heteroatoms. The van der Waals surface area contributed by atoms with E-state index in [-0.39, 0.29) is 17.9 Å². The highest BCUT2D eigenvalue weighted by molar-refractivity contribution is 5.94. The Balaban J connectivity index is 1.90. The maximum Gasteiger partial charge on any atom is 0.270 e. The summed E-state index contributed by atoms with van der Waals surface area (Å²) in [7, 11) is 0. The van der Waals surface area contributed by atoms with Crippen molar-refractivity contribution in [3.8, 4) is 0 Å². The summed E-state index contributed by atoms with van der Waals surface area (Å²) in [6, 6.07) is 12.6. The standard InChI is InChI=1S/C18H21N3O2/c1-3-13(2)21-17(22)15-9-7-14(8-10-15)12-20-18(23)16-6-4-5-11-19-16/h4-11,13H,3,12H2,1-2H3,(H,20,23)(H,21,22)/t13-/m0/s1. The lowest BCUT2D eigenvalue weighted by Gasteiger charge is -2.11. The number of nitrogens with zero attached hydrogens (tertiary/aromatic N) is 1. The van der Waals surface area contributed by atoms with Gasteiger partial charge in [-0.15, -0.1) is 0 Å². The van der Waals surface area contributed by atoms with Gasteiger partial charge >= 0.3 is 0 Å². The van der Waals surface area contributed by atoms with Gasteiger partial charge in [0.05, 0.1) is 0 Å². The molecule has 0 spiro atoms. The molecule has 0 bridgehead atoms. The predicted molar refractivity (Wildman–Crippen MR) is 89.1 cm³/mol. The van der Waals surface area contributed by atoms with Gasteiger partial charge in [-0.2, -0.15) is 0 Å². The SMILES string of the molecule is CC[C@H](C)NC(=O)c1ccc(CNC(=O)c2ccccn2)cc1. The van der Waals surface area contributed by atoms with E-state index >= 15 is 0 Å². The Bertz CT molecular complexity index is 654. The van der Waals surface area contributed by atoms with Gasteiger partial charge in [0.1, 0.15) is 5.69 Å². The number of benzene rings is 1. The van der Waals surface area contributed by atoms with Gasteiger partial charge in [-0.1, -0.05) is 25.1 Å². The Hall–Kier alpha value is -2.69. The van der Waals surface area contributed by atoms with Crippen LogP contribution in [0.1, 0.15) is 46.7 Å². The molecule has 2 amide bonds. The van der Waals surface area contributed by atoms with Crippen molar-refractivity contribution in [3.63, 3.8) is 0 Å². The molecule has 0 aliphatic heterocycles. The third-order valence-corrected chi connectivity index (χ3v) is 3.56. The van der Waals surface area contributed by atoms with Crippen molar-refractivity contribution in [3.05, 3.63) is 65.5 Å². The smallest absolute Gasteiger partial charge is 0.270 e. The number of hydrogen-bond donors (Lipinski definition) is 2. The number of hydrogen-bond acceptors (Lipinski definition) is 3. The third-order valence-electron chi connectivity index (χ3n) is 3.56. The number of pyridine rings is 1. The van der Waals surface area contributed by atoms with E-state index in [9.17, 15) is 9.59 Å². The summed E-state index contributed by atoms with van der Waals surface area (Å²) < 4.78 is 0. The van der Waals surface area contributed by atoms with Crippen molar-refractivity contribution in [2.75, 3.05) is 0 Å². The molecule has 0 fully saturated rings. The maximum absolute atomic E-state index is 12.0. The lowest BCUT2D eigenvalue weighted by molar-refractivity contribution is 0.0932. The van der Waals surface area contributed by atoms with E-state index in [4.69, 9.17) is 0 Å². The van der Waals surface area contributed by atoms with Gasteiger partial charge < -0.3 is 10.6 Å². The van der Waals surface area contributed by atoms with Crippen molar-refractivity contribution in [1.29, 1.82) is 0 Å². The van der Waals surface area contributed by atoms with Gasteiger partial charge in [-0.3, -0.25) is 14.6 Å². The summed E-state index contributed by atoms with van der Waals surface area (Å²) >= 11 is 0. The molecule has 0 aliphatic carbocycles. The van der Waals surface area contributed by atoms with Crippen LogP contribution in [-0.2, 0) is 6.54 Å². The Labute approximate surface area is 136 Å². The first kappa shape index (κ1) is 16.7. The van der Waals surface area contributed by atoms with Crippen LogP contribution < -0.4 is 10.6 Å². The van der Waals surface area contributed by atoms with Crippen LogP contribution in [0.2, 0.25) is 0 Å². The Morgan fingerprint density at radius 3 is 2.43 bits per heavy atom. The molecule has 120 valence electrons. The van der Waals surface area contributed by atoms with E-state index in [1.165, 1.54) is 0 Å². The highest BCUT2D eigenvalue weighted by atomic mass is 16.2. The normalized spacial score (nSPS) is 11.6. The van der Waals surface area contributed by atoms with Crippen LogP contribution in [0.15, 0.2) is 48.7 Å². The molecule has 0 aliphatic rings. The van der Waals surface area contributed by atoms with Gasteiger partial charge in [0.25, 0.3) is 11.8 Å². The minimum Gasteiger partial charge on any atom is -0.350 e.